The molecule has 1 aromatic carbocycles. The Morgan fingerprint density at radius 2 is 2.06 bits per heavy atom. The fourth-order valence-electron chi connectivity index (χ4n) is 1.79. The van der Waals surface area contributed by atoms with Gasteiger partial charge in [0.25, 0.3) is 0 Å². The van der Waals surface area contributed by atoms with Gasteiger partial charge in [0.1, 0.15) is 0 Å². The molecule has 1 amide bonds. The van der Waals surface area contributed by atoms with E-state index in [9.17, 15) is 13.8 Å². The molecule has 0 radical (unpaired) electrons. The van der Waals surface area contributed by atoms with Gasteiger partial charge in [-0.2, -0.15) is 0 Å². The van der Waals surface area contributed by atoms with Gasteiger partial charge in [0, 0.05) is 13.0 Å². The van der Waals surface area contributed by atoms with Crippen LogP contribution >= 0.6 is 0 Å². The third-order valence-electron chi connectivity index (χ3n) is 2.78. The topological polar surface area (TPSA) is 74.7 Å². The summed E-state index contributed by atoms with van der Waals surface area (Å²) < 4.78 is 12.1. The third-order valence-corrected chi connectivity index (χ3v) is 4.35. The number of hydrogen-bond donors (Lipinski definition) is 1. The van der Waals surface area contributed by atoms with Crippen molar-refractivity contribution in [1.29, 1.82) is 0 Å². The monoisotopic (exact) mass is 267 g/mol. The molecule has 1 heterocycles. The number of amides is 1. The lowest BCUT2D eigenvalue weighted by Crippen LogP contribution is -2.55. The number of rotatable bonds is 5. The maximum absolute atomic E-state index is 12.1. The van der Waals surface area contributed by atoms with Crippen molar-refractivity contribution in [3.8, 4) is 0 Å². The molecule has 1 aliphatic heterocycles. The third kappa shape index (κ3) is 2.59. The van der Waals surface area contributed by atoms with Crippen LogP contribution in [0.1, 0.15) is 12.0 Å². The average Bonchev–Trinajstić information content (AvgIpc) is 2.34. The molecule has 2 rings (SSSR count). The molecule has 96 valence electrons. The van der Waals surface area contributed by atoms with Crippen molar-refractivity contribution >= 4 is 22.7 Å². The number of likely N-dealkylation sites (tertiary alicyclic amines) is 1. The number of aliphatic carboxylic acids is 1. The van der Waals surface area contributed by atoms with Gasteiger partial charge < -0.3 is 10.0 Å². The second-order valence-corrected chi connectivity index (χ2v) is 5.54. The number of benzene rings is 1. The molecule has 2 atom stereocenters. The fourth-order valence-corrected chi connectivity index (χ4v) is 3.20. The maximum atomic E-state index is 12.1. The minimum atomic E-state index is -1.63. The molecule has 0 aromatic heterocycles. The first-order valence-corrected chi connectivity index (χ1v) is 6.91. The second kappa shape index (κ2) is 5.30. The van der Waals surface area contributed by atoms with Crippen LogP contribution in [0.2, 0.25) is 0 Å². The van der Waals surface area contributed by atoms with Crippen LogP contribution in [-0.4, -0.2) is 38.0 Å². The van der Waals surface area contributed by atoms with Crippen LogP contribution in [0, 0.1) is 0 Å². The van der Waals surface area contributed by atoms with Crippen molar-refractivity contribution in [2.75, 3.05) is 6.54 Å². The summed E-state index contributed by atoms with van der Waals surface area (Å²) in [7, 11) is -1.63. The van der Waals surface area contributed by atoms with Crippen molar-refractivity contribution in [3.05, 3.63) is 35.9 Å². The Balaban J connectivity index is 2.09. The van der Waals surface area contributed by atoms with Crippen LogP contribution in [0.25, 0.3) is 0 Å². The van der Waals surface area contributed by atoms with Crippen LogP contribution in [0.3, 0.4) is 0 Å². The number of hydrogen-bond acceptors (Lipinski definition) is 3. The number of carbonyl (C=O) groups excluding carboxylic acids is 1. The van der Waals surface area contributed by atoms with Gasteiger partial charge in [-0.15, -0.1) is 0 Å². The zero-order valence-electron chi connectivity index (χ0n) is 9.61. The van der Waals surface area contributed by atoms with Gasteiger partial charge in [0.2, 0.25) is 11.3 Å². The van der Waals surface area contributed by atoms with E-state index in [0.29, 0.717) is 13.0 Å². The number of β-lactam (4-membered cyclic amide) rings is 1. The number of nitrogens with zero attached hydrogens (tertiary/aromatic N) is 1. The summed E-state index contributed by atoms with van der Waals surface area (Å²) in [5.41, 5.74) is 0.801. The van der Waals surface area contributed by atoms with Gasteiger partial charge in [-0.05, 0) is 5.56 Å². The maximum Gasteiger partial charge on any atom is 0.339 e. The first-order chi connectivity index (χ1) is 8.59. The normalized spacial score (nSPS) is 18.0. The molecular formula is C12H13NO4S. The van der Waals surface area contributed by atoms with Gasteiger partial charge in [-0.1, -0.05) is 30.3 Å². The summed E-state index contributed by atoms with van der Waals surface area (Å²) in [4.78, 5) is 23.6. The first kappa shape index (κ1) is 12.8. The molecule has 1 fully saturated rings. The van der Waals surface area contributed by atoms with Gasteiger partial charge in [0.05, 0.1) is 16.6 Å². The SMILES string of the molecule is O=C(O)C(N1CCC1=O)S(=O)Cc1ccccc1. The second-order valence-electron chi connectivity index (χ2n) is 4.04. The molecule has 18 heavy (non-hydrogen) atoms. The lowest BCUT2D eigenvalue weighted by atomic mass is 10.2. The summed E-state index contributed by atoms with van der Waals surface area (Å²) >= 11 is 0. The van der Waals surface area contributed by atoms with E-state index in [1.54, 1.807) is 24.3 Å². The molecule has 1 aliphatic rings. The Labute approximate surface area is 107 Å². The highest BCUT2D eigenvalue weighted by atomic mass is 32.2. The van der Waals surface area contributed by atoms with Gasteiger partial charge in [0.15, 0.2) is 0 Å². The van der Waals surface area contributed by atoms with Crippen LogP contribution in [0.15, 0.2) is 30.3 Å². The summed E-state index contributed by atoms with van der Waals surface area (Å²) in [6.07, 6.45) is 0.340. The predicted molar refractivity (Wildman–Crippen MR) is 66.0 cm³/mol. The van der Waals surface area contributed by atoms with Crippen molar-refractivity contribution < 1.29 is 18.9 Å². The summed E-state index contributed by atoms with van der Waals surface area (Å²) in [6, 6.07) is 9.01. The van der Waals surface area contributed by atoms with Crippen LogP contribution in [0.5, 0.6) is 0 Å². The lowest BCUT2D eigenvalue weighted by Gasteiger charge is -2.35. The smallest absolute Gasteiger partial charge is 0.339 e. The number of carboxylic acid groups (broad SMARTS) is 1. The summed E-state index contributed by atoms with van der Waals surface area (Å²) in [6.45, 7) is 0.371. The Hall–Kier alpha value is -1.69. The Bertz CT molecular complexity index is 488. The lowest BCUT2D eigenvalue weighted by molar-refractivity contribution is -0.151. The van der Waals surface area contributed by atoms with E-state index < -0.39 is 22.1 Å². The van der Waals surface area contributed by atoms with E-state index in [1.807, 2.05) is 6.07 Å². The quantitative estimate of drug-likeness (QED) is 0.792. The highest BCUT2D eigenvalue weighted by Gasteiger charge is 2.39. The molecule has 0 spiro atoms. The Kier molecular flexibility index (Phi) is 3.76. The first-order valence-electron chi connectivity index (χ1n) is 5.53. The molecule has 0 saturated carbocycles. The molecule has 6 heteroatoms. The zero-order valence-corrected chi connectivity index (χ0v) is 10.4. The number of carbonyl (C=O) groups is 2. The molecular weight excluding hydrogens is 254 g/mol. The summed E-state index contributed by atoms with van der Waals surface area (Å²) in [5.74, 6) is -1.32. The molecule has 1 saturated heterocycles. The molecule has 0 bridgehead atoms. The van der Waals surface area contributed by atoms with E-state index in [4.69, 9.17) is 5.11 Å². The van der Waals surface area contributed by atoms with Crippen LogP contribution in [-0.2, 0) is 26.1 Å². The molecule has 2 unspecified atom stereocenters. The van der Waals surface area contributed by atoms with Gasteiger partial charge in [-0.25, -0.2) is 4.79 Å². The standard InChI is InChI=1S/C12H13NO4S/c14-10-6-7-13(10)11(12(15)16)18(17)8-9-4-2-1-3-5-9/h1-5,11H,6-8H2,(H,15,16). The molecule has 1 N–H and O–H groups in total. The van der Waals surface area contributed by atoms with E-state index in [2.05, 4.69) is 0 Å². The van der Waals surface area contributed by atoms with E-state index in [-0.39, 0.29) is 11.7 Å². The van der Waals surface area contributed by atoms with Gasteiger partial charge in [-0.3, -0.25) is 9.00 Å². The van der Waals surface area contributed by atoms with E-state index in [0.717, 1.165) is 5.56 Å². The molecule has 1 aromatic rings. The largest absolute Gasteiger partial charge is 0.479 e. The number of carboxylic acids is 1. The Morgan fingerprint density at radius 1 is 1.39 bits per heavy atom. The molecule has 5 nitrogen and oxygen atoms in total. The van der Waals surface area contributed by atoms with Crippen LogP contribution < -0.4 is 0 Å². The average molecular weight is 267 g/mol. The predicted octanol–water partition coefficient (Wildman–Crippen LogP) is 0.578. The fraction of sp³-hybridized carbons (Fsp3) is 0.333. The minimum Gasteiger partial charge on any atom is -0.479 e. The van der Waals surface area contributed by atoms with E-state index >= 15 is 0 Å². The van der Waals surface area contributed by atoms with Crippen molar-refractivity contribution in [2.45, 2.75) is 17.5 Å². The van der Waals surface area contributed by atoms with Crippen molar-refractivity contribution in [3.63, 3.8) is 0 Å². The van der Waals surface area contributed by atoms with Crippen molar-refractivity contribution in [2.24, 2.45) is 0 Å². The summed E-state index contributed by atoms with van der Waals surface area (Å²) in [5, 5.41) is 7.86. The van der Waals surface area contributed by atoms with Crippen LogP contribution in [0.4, 0.5) is 0 Å². The van der Waals surface area contributed by atoms with Crippen molar-refractivity contribution in [1.82, 2.24) is 4.90 Å². The highest BCUT2D eigenvalue weighted by Crippen LogP contribution is 2.18. The highest BCUT2D eigenvalue weighted by molar-refractivity contribution is 7.85. The van der Waals surface area contributed by atoms with E-state index in [1.165, 1.54) is 4.90 Å². The minimum absolute atomic E-state index is 0.140. The zero-order chi connectivity index (χ0) is 13.1. The van der Waals surface area contributed by atoms with Gasteiger partial charge >= 0.3 is 5.97 Å². The Morgan fingerprint density at radius 3 is 2.50 bits per heavy atom. The molecule has 0 aliphatic carbocycles.